The van der Waals surface area contributed by atoms with Crippen LogP contribution in [0.25, 0.3) is 0 Å². The first-order valence-electron chi connectivity index (χ1n) is 6.85. The Kier molecular flexibility index (Phi) is 6.30. The fourth-order valence-corrected chi connectivity index (χ4v) is 2.08. The van der Waals surface area contributed by atoms with E-state index in [4.69, 9.17) is 43.8 Å². The summed E-state index contributed by atoms with van der Waals surface area (Å²) in [6, 6.07) is 8.13. The predicted molar refractivity (Wildman–Crippen MR) is 90.7 cm³/mol. The van der Waals surface area contributed by atoms with Gasteiger partial charge in [0.25, 0.3) is 0 Å². The molecule has 124 valence electrons. The zero-order chi connectivity index (χ0) is 17.5. The molecule has 7 heteroatoms. The highest BCUT2D eigenvalue weighted by atomic mass is 35.5. The SMILES string of the molecule is C#CCOC(=O)[C@@H](C)Oc1ccc(Oc2ncc(Cl)cc2Cl)cc1. The van der Waals surface area contributed by atoms with Gasteiger partial charge in [0.1, 0.15) is 16.5 Å². The monoisotopic (exact) mass is 365 g/mol. The fraction of sp³-hybridized carbons (Fsp3) is 0.176. The maximum absolute atomic E-state index is 11.6. The van der Waals surface area contributed by atoms with Crippen LogP contribution < -0.4 is 9.47 Å². The van der Waals surface area contributed by atoms with Crippen LogP contribution in [0.15, 0.2) is 36.5 Å². The smallest absolute Gasteiger partial charge is 0.347 e. The molecular weight excluding hydrogens is 353 g/mol. The third kappa shape index (κ3) is 5.05. The lowest BCUT2D eigenvalue weighted by Gasteiger charge is -2.13. The van der Waals surface area contributed by atoms with Crippen LogP contribution in [-0.4, -0.2) is 23.7 Å². The first-order chi connectivity index (χ1) is 11.5. The average molecular weight is 366 g/mol. The van der Waals surface area contributed by atoms with Crippen molar-refractivity contribution in [2.75, 3.05) is 6.61 Å². The molecule has 0 saturated heterocycles. The van der Waals surface area contributed by atoms with E-state index < -0.39 is 12.1 Å². The molecule has 0 saturated carbocycles. The molecule has 2 rings (SSSR count). The van der Waals surface area contributed by atoms with E-state index in [1.165, 1.54) is 12.3 Å². The molecule has 0 N–H and O–H groups in total. The van der Waals surface area contributed by atoms with Crippen LogP contribution in [0.2, 0.25) is 10.0 Å². The number of benzene rings is 1. The van der Waals surface area contributed by atoms with E-state index in [0.717, 1.165) is 0 Å². The van der Waals surface area contributed by atoms with Gasteiger partial charge in [-0.05, 0) is 37.3 Å². The lowest BCUT2D eigenvalue weighted by Crippen LogP contribution is -2.26. The molecule has 2 aromatic rings. The van der Waals surface area contributed by atoms with Gasteiger partial charge in [-0.3, -0.25) is 0 Å². The highest BCUT2D eigenvalue weighted by Crippen LogP contribution is 2.30. The zero-order valence-electron chi connectivity index (χ0n) is 12.7. The average Bonchev–Trinajstić information content (AvgIpc) is 2.56. The Bertz CT molecular complexity index is 756. The number of carbonyl (C=O) groups excluding carboxylic acids is 1. The van der Waals surface area contributed by atoms with E-state index >= 15 is 0 Å². The lowest BCUT2D eigenvalue weighted by atomic mass is 10.3. The van der Waals surface area contributed by atoms with Crippen molar-refractivity contribution in [3.8, 4) is 29.7 Å². The van der Waals surface area contributed by atoms with Gasteiger partial charge in [-0.25, -0.2) is 9.78 Å². The second kappa shape index (κ2) is 8.44. The molecule has 0 aliphatic heterocycles. The minimum atomic E-state index is -0.780. The van der Waals surface area contributed by atoms with Crippen LogP contribution in [-0.2, 0) is 9.53 Å². The van der Waals surface area contributed by atoms with Crippen LogP contribution in [0.3, 0.4) is 0 Å². The Morgan fingerprint density at radius 2 is 1.96 bits per heavy atom. The van der Waals surface area contributed by atoms with E-state index in [0.29, 0.717) is 21.5 Å². The van der Waals surface area contributed by atoms with Crippen molar-refractivity contribution < 1.29 is 19.0 Å². The molecule has 0 unspecified atom stereocenters. The summed E-state index contributed by atoms with van der Waals surface area (Å²) in [4.78, 5) is 15.6. The number of carbonyl (C=O) groups is 1. The Labute approximate surface area is 149 Å². The topological polar surface area (TPSA) is 57.7 Å². The molecule has 0 spiro atoms. The summed E-state index contributed by atoms with van der Waals surface area (Å²) in [5, 5.41) is 0.717. The summed E-state index contributed by atoms with van der Waals surface area (Å²) in [6.07, 6.45) is 5.68. The first kappa shape index (κ1) is 17.9. The number of pyridine rings is 1. The first-order valence-corrected chi connectivity index (χ1v) is 7.61. The van der Waals surface area contributed by atoms with Crippen LogP contribution in [0, 0.1) is 12.3 Å². The van der Waals surface area contributed by atoms with E-state index in [1.54, 1.807) is 31.2 Å². The number of hydrogen-bond acceptors (Lipinski definition) is 5. The van der Waals surface area contributed by atoms with Gasteiger partial charge in [-0.2, -0.15) is 0 Å². The number of aromatic nitrogens is 1. The van der Waals surface area contributed by atoms with E-state index in [2.05, 4.69) is 10.9 Å². The largest absolute Gasteiger partial charge is 0.479 e. The van der Waals surface area contributed by atoms with Crippen LogP contribution in [0.5, 0.6) is 17.4 Å². The van der Waals surface area contributed by atoms with Crippen molar-refractivity contribution in [3.63, 3.8) is 0 Å². The van der Waals surface area contributed by atoms with E-state index in [1.807, 2.05) is 0 Å². The maximum atomic E-state index is 11.6. The Morgan fingerprint density at radius 3 is 2.58 bits per heavy atom. The minimum absolute atomic E-state index is 0.0891. The van der Waals surface area contributed by atoms with Gasteiger partial charge in [0.05, 0.1) is 5.02 Å². The van der Waals surface area contributed by atoms with Gasteiger partial charge in [0.2, 0.25) is 5.88 Å². The molecule has 1 aromatic heterocycles. The minimum Gasteiger partial charge on any atom is -0.479 e. The second-order valence-electron chi connectivity index (χ2n) is 4.59. The van der Waals surface area contributed by atoms with Gasteiger partial charge in [0, 0.05) is 6.20 Å². The van der Waals surface area contributed by atoms with Gasteiger partial charge in [-0.1, -0.05) is 29.1 Å². The normalized spacial score (nSPS) is 11.2. The molecule has 0 bridgehead atoms. The fourth-order valence-electron chi connectivity index (χ4n) is 1.66. The van der Waals surface area contributed by atoms with Crippen molar-refractivity contribution in [2.45, 2.75) is 13.0 Å². The van der Waals surface area contributed by atoms with Gasteiger partial charge >= 0.3 is 5.97 Å². The summed E-state index contributed by atoms with van der Waals surface area (Å²) in [5.41, 5.74) is 0. The molecule has 24 heavy (non-hydrogen) atoms. The highest BCUT2D eigenvalue weighted by Gasteiger charge is 2.16. The van der Waals surface area contributed by atoms with E-state index in [-0.39, 0.29) is 12.5 Å². The molecule has 1 aromatic carbocycles. The van der Waals surface area contributed by atoms with Gasteiger partial charge in [-0.15, -0.1) is 6.42 Å². The van der Waals surface area contributed by atoms with Crippen molar-refractivity contribution in [1.82, 2.24) is 4.98 Å². The Hall–Kier alpha value is -2.42. The molecule has 0 aliphatic rings. The third-order valence-electron chi connectivity index (χ3n) is 2.75. The van der Waals surface area contributed by atoms with Gasteiger partial charge in [0.15, 0.2) is 12.7 Å². The molecule has 0 radical (unpaired) electrons. The second-order valence-corrected chi connectivity index (χ2v) is 5.43. The van der Waals surface area contributed by atoms with Crippen molar-refractivity contribution in [3.05, 3.63) is 46.6 Å². The number of nitrogens with zero attached hydrogens (tertiary/aromatic N) is 1. The van der Waals surface area contributed by atoms with E-state index in [9.17, 15) is 4.79 Å². The molecule has 1 heterocycles. The van der Waals surface area contributed by atoms with Gasteiger partial charge < -0.3 is 14.2 Å². The van der Waals surface area contributed by atoms with Crippen molar-refractivity contribution in [2.24, 2.45) is 0 Å². The van der Waals surface area contributed by atoms with Crippen molar-refractivity contribution in [1.29, 1.82) is 0 Å². The number of rotatable bonds is 6. The summed E-state index contributed by atoms with van der Waals surface area (Å²) < 4.78 is 15.8. The quantitative estimate of drug-likeness (QED) is 0.569. The molecule has 1 atom stereocenters. The number of ether oxygens (including phenoxy) is 3. The predicted octanol–water partition coefficient (Wildman–Crippen LogP) is 4.12. The Balaban J connectivity index is 1.98. The maximum Gasteiger partial charge on any atom is 0.347 e. The third-order valence-corrected chi connectivity index (χ3v) is 3.23. The lowest BCUT2D eigenvalue weighted by molar-refractivity contribution is -0.149. The summed E-state index contributed by atoms with van der Waals surface area (Å²) >= 11 is 11.8. The zero-order valence-corrected chi connectivity index (χ0v) is 14.2. The van der Waals surface area contributed by atoms with Crippen LogP contribution in [0.1, 0.15) is 6.92 Å². The molecule has 5 nitrogen and oxygen atoms in total. The number of esters is 1. The summed E-state index contributed by atoms with van der Waals surface area (Å²) in [6.45, 7) is 1.48. The standard InChI is InChI=1S/C17H13Cl2NO4/c1-3-8-22-17(21)11(2)23-13-4-6-14(7-5-13)24-16-15(19)9-12(18)10-20-16/h1,4-7,9-11H,8H2,2H3/t11-/m1/s1. The molecule has 0 aliphatic carbocycles. The molecular formula is C17H13Cl2NO4. The van der Waals surface area contributed by atoms with Crippen LogP contribution in [0.4, 0.5) is 0 Å². The molecule has 0 amide bonds. The number of halogens is 2. The Morgan fingerprint density at radius 1 is 1.29 bits per heavy atom. The van der Waals surface area contributed by atoms with Crippen LogP contribution >= 0.6 is 23.2 Å². The molecule has 0 fully saturated rings. The summed E-state index contributed by atoms with van der Waals surface area (Å²) in [7, 11) is 0. The van der Waals surface area contributed by atoms with Crippen molar-refractivity contribution >= 4 is 29.2 Å². The highest BCUT2D eigenvalue weighted by molar-refractivity contribution is 6.35. The summed E-state index contributed by atoms with van der Waals surface area (Å²) in [5.74, 6) is 2.89. The number of hydrogen-bond donors (Lipinski definition) is 0. The number of terminal acetylenes is 1.